The largest absolute Gasteiger partial charge is 0.382 e. The first-order valence-corrected chi connectivity index (χ1v) is 8.15. The lowest BCUT2D eigenvalue weighted by atomic mass is 10.2. The molecule has 112 valence electrons. The summed E-state index contributed by atoms with van der Waals surface area (Å²) in [7, 11) is 0.855. The van der Waals surface area contributed by atoms with Crippen LogP contribution in [0.2, 0.25) is 0 Å². The van der Waals surface area contributed by atoms with E-state index in [1.54, 1.807) is 11.9 Å². The number of nitrogen functional groups attached to an aromatic ring is 1. The zero-order valence-corrected chi connectivity index (χ0v) is 13.1. The van der Waals surface area contributed by atoms with E-state index in [1.807, 2.05) is 0 Å². The molecule has 1 aromatic rings. The van der Waals surface area contributed by atoms with E-state index in [-0.39, 0.29) is 16.6 Å². The third-order valence-corrected chi connectivity index (χ3v) is 5.96. The van der Waals surface area contributed by atoms with Crippen molar-refractivity contribution in [3.63, 3.8) is 0 Å². The first-order valence-electron chi connectivity index (χ1n) is 5.94. The van der Waals surface area contributed by atoms with Crippen molar-refractivity contribution < 1.29 is 13.2 Å². The molecule has 10 heteroatoms. The van der Waals surface area contributed by atoms with Gasteiger partial charge in [-0.2, -0.15) is 4.37 Å². The van der Waals surface area contributed by atoms with E-state index in [2.05, 4.69) is 9.69 Å². The van der Waals surface area contributed by atoms with Gasteiger partial charge in [-0.05, 0) is 18.0 Å². The SMILES string of the molecule is CN1CCC(Nc2snc(N)c2S(=O)(=O)N(C)C)C1=O. The molecule has 1 aliphatic rings. The Morgan fingerprint density at radius 1 is 1.50 bits per heavy atom. The molecule has 0 radical (unpaired) electrons. The van der Waals surface area contributed by atoms with Crippen molar-refractivity contribution in [2.24, 2.45) is 0 Å². The summed E-state index contributed by atoms with van der Waals surface area (Å²) in [6.07, 6.45) is 0.620. The van der Waals surface area contributed by atoms with Crippen LogP contribution in [0.15, 0.2) is 4.90 Å². The molecule has 0 spiro atoms. The van der Waals surface area contributed by atoms with Crippen molar-refractivity contribution in [2.75, 3.05) is 38.7 Å². The van der Waals surface area contributed by atoms with E-state index in [0.717, 1.165) is 15.8 Å². The predicted octanol–water partition coefficient (Wildman–Crippen LogP) is -0.382. The number of nitrogens with two attached hydrogens (primary N) is 1. The van der Waals surface area contributed by atoms with Crippen molar-refractivity contribution in [3.8, 4) is 0 Å². The fraction of sp³-hybridized carbons (Fsp3) is 0.600. The monoisotopic (exact) mass is 319 g/mol. The van der Waals surface area contributed by atoms with Crippen molar-refractivity contribution in [3.05, 3.63) is 0 Å². The van der Waals surface area contributed by atoms with E-state index in [9.17, 15) is 13.2 Å². The second-order valence-electron chi connectivity index (χ2n) is 4.76. The van der Waals surface area contributed by atoms with Crippen LogP contribution < -0.4 is 11.1 Å². The molecule has 3 N–H and O–H groups in total. The van der Waals surface area contributed by atoms with Crippen LogP contribution in [0.25, 0.3) is 0 Å². The highest BCUT2D eigenvalue weighted by molar-refractivity contribution is 7.89. The predicted molar refractivity (Wildman–Crippen MR) is 77.1 cm³/mol. The summed E-state index contributed by atoms with van der Waals surface area (Å²) in [6.45, 7) is 0.639. The number of amides is 1. The maximum atomic E-state index is 12.2. The zero-order valence-electron chi connectivity index (χ0n) is 11.5. The summed E-state index contributed by atoms with van der Waals surface area (Å²) in [5.74, 6) is -0.116. The number of hydrogen-bond acceptors (Lipinski definition) is 7. The fourth-order valence-electron chi connectivity index (χ4n) is 1.93. The second kappa shape index (κ2) is 5.19. The van der Waals surface area contributed by atoms with Crippen LogP contribution in [0, 0.1) is 0 Å². The van der Waals surface area contributed by atoms with Crippen molar-refractivity contribution in [2.45, 2.75) is 17.4 Å². The van der Waals surface area contributed by atoms with Gasteiger partial charge in [0.05, 0.1) is 0 Å². The van der Waals surface area contributed by atoms with Gasteiger partial charge in [0.1, 0.15) is 11.0 Å². The highest BCUT2D eigenvalue weighted by atomic mass is 32.2. The maximum absolute atomic E-state index is 12.2. The van der Waals surface area contributed by atoms with Crippen LogP contribution in [0.5, 0.6) is 0 Å². The zero-order chi connectivity index (χ0) is 15.1. The van der Waals surface area contributed by atoms with Crippen molar-refractivity contribution >= 4 is 38.3 Å². The van der Waals surface area contributed by atoms with E-state index < -0.39 is 16.1 Å². The van der Waals surface area contributed by atoms with Gasteiger partial charge in [0, 0.05) is 27.7 Å². The summed E-state index contributed by atoms with van der Waals surface area (Å²) in [5, 5.41) is 3.26. The lowest BCUT2D eigenvalue weighted by Gasteiger charge is -2.15. The first kappa shape index (κ1) is 15.0. The van der Waals surface area contributed by atoms with Gasteiger partial charge >= 0.3 is 0 Å². The smallest absolute Gasteiger partial charge is 0.249 e. The number of aromatic nitrogens is 1. The normalized spacial score (nSPS) is 19.9. The molecule has 0 aliphatic carbocycles. The maximum Gasteiger partial charge on any atom is 0.249 e. The number of nitrogens with one attached hydrogen (secondary N) is 1. The van der Waals surface area contributed by atoms with Gasteiger partial charge in [0.2, 0.25) is 15.9 Å². The Kier molecular flexibility index (Phi) is 3.89. The molecule has 8 nitrogen and oxygen atoms in total. The molecule has 2 rings (SSSR count). The Morgan fingerprint density at radius 3 is 2.65 bits per heavy atom. The Balaban J connectivity index is 2.34. The van der Waals surface area contributed by atoms with Crippen LogP contribution in [0.3, 0.4) is 0 Å². The molecule has 1 fully saturated rings. The average molecular weight is 319 g/mol. The number of likely N-dealkylation sites (N-methyl/N-ethyl adjacent to an activating group) is 1. The van der Waals surface area contributed by atoms with Crippen LogP contribution in [-0.4, -0.2) is 61.6 Å². The van der Waals surface area contributed by atoms with Crippen LogP contribution in [0.1, 0.15) is 6.42 Å². The van der Waals surface area contributed by atoms with Gasteiger partial charge in [-0.3, -0.25) is 4.79 Å². The standard InChI is InChI=1S/C10H17N5O3S2/c1-14(2)20(17,18)7-8(11)13-19-9(7)12-6-4-5-15(3)10(6)16/h6,12H,4-5H2,1-3H3,(H2,11,13). The van der Waals surface area contributed by atoms with E-state index in [1.165, 1.54) is 14.1 Å². The molecular weight excluding hydrogens is 302 g/mol. The molecule has 20 heavy (non-hydrogen) atoms. The number of carbonyl (C=O) groups excluding carboxylic acids is 1. The minimum absolute atomic E-state index is 0.0509. The van der Waals surface area contributed by atoms with Gasteiger partial charge < -0.3 is 16.0 Å². The number of anilines is 2. The molecule has 1 aromatic heterocycles. The first-order chi connectivity index (χ1) is 9.25. The highest BCUT2D eigenvalue weighted by Gasteiger charge is 2.33. The third-order valence-electron chi connectivity index (χ3n) is 3.15. The minimum Gasteiger partial charge on any atom is -0.382 e. The quantitative estimate of drug-likeness (QED) is 0.783. The highest BCUT2D eigenvalue weighted by Crippen LogP contribution is 2.34. The molecule has 0 bridgehead atoms. The summed E-state index contributed by atoms with van der Waals surface area (Å²) < 4.78 is 29.4. The number of likely N-dealkylation sites (tertiary alicyclic amines) is 1. The number of nitrogens with zero attached hydrogens (tertiary/aromatic N) is 3. The number of sulfonamides is 1. The minimum atomic E-state index is -3.70. The summed E-state index contributed by atoms with van der Waals surface area (Å²) in [4.78, 5) is 13.4. The summed E-state index contributed by atoms with van der Waals surface area (Å²) in [6, 6.07) is -0.434. The molecule has 1 saturated heterocycles. The lowest BCUT2D eigenvalue weighted by molar-refractivity contribution is -0.127. The lowest BCUT2D eigenvalue weighted by Crippen LogP contribution is -2.31. The molecule has 2 heterocycles. The number of rotatable bonds is 4. The van der Waals surface area contributed by atoms with Gasteiger partial charge in [0.25, 0.3) is 0 Å². The van der Waals surface area contributed by atoms with Crippen LogP contribution in [-0.2, 0) is 14.8 Å². The van der Waals surface area contributed by atoms with Gasteiger partial charge in [0.15, 0.2) is 10.7 Å². The second-order valence-corrected chi connectivity index (χ2v) is 7.62. The summed E-state index contributed by atoms with van der Waals surface area (Å²) >= 11 is 0.948. The van der Waals surface area contributed by atoms with E-state index in [4.69, 9.17) is 5.73 Å². The molecular formula is C10H17N5O3S2. The van der Waals surface area contributed by atoms with Crippen molar-refractivity contribution in [1.82, 2.24) is 13.6 Å². The number of hydrogen-bond donors (Lipinski definition) is 2. The Morgan fingerprint density at radius 2 is 2.15 bits per heavy atom. The Bertz CT molecular complexity index is 625. The van der Waals surface area contributed by atoms with Gasteiger partial charge in [-0.15, -0.1) is 0 Å². The topological polar surface area (TPSA) is 109 Å². The number of carbonyl (C=O) groups is 1. The molecule has 1 aliphatic heterocycles. The summed E-state index contributed by atoms with van der Waals surface area (Å²) in [5.41, 5.74) is 5.66. The molecule has 1 amide bonds. The van der Waals surface area contributed by atoms with Crippen LogP contribution >= 0.6 is 11.5 Å². The average Bonchev–Trinajstić information content (AvgIpc) is 2.87. The van der Waals surface area contributed by atoms with Gasteiger partial charge in [-0.25, -0.2) is 12.7 Å². The molecule has 1 unspecified atom stereocenters. The molecule has 1 atom stereocenters. The van der Waals surface area contributed by atoms with Crippen LogP contribution in [0.4, 0.5) is 10.8 Å². The Hall–Kier alpha value is -1.39. The fourth-order valence-corrected chi connectivity index (χ4v) is 4.05. The molecule has 0 aromatic carbocycles. The van der Waals surface area contributed by atoms with E-state index >= 15 is 0 Å². The Labute approximate surface area is 121 Å². The van der Waals surface area contributed by atoms with E-state index in [0.29, 0.717) is 18.0 Å². The third kappa shape index (κ3) is 2.45. The van der Waals surface area contributed by atoms with Crippen molar-refractivity contribution in [1.29, 1.82) is 0 Å². The molecule has 0 saturated carbocycles. The van der Waals surface area contributed by atoms with Gasteiger partial charge in [-0.1, -0.05) is 0 Å².